The Labute approximate surface area is 85.7 Å². The van der Waals surface area contributed by atoms with Crippen molar-refractivity contribution in [1.82, 2.24) is 0 Å². The van der Waals surface area contributed by atoms with Crippen LogP contribution in [0.1, 0.15) is 6.42 Å². The molecule has 9 heteroatoms. The van der Waals surface area contributed by atoms with Crippen molar-refractivity contribution in [2.45, 2.75) is 12.1 Å². The fourth-order valence-corrected chi connectivity index (χ4v) is 1.16. The van der Waals surface area contributed by atoms with Crippen LogP contribution < -0.4 is 10.2 Å². The van der Waals surface area contributed by atoms with E-state index in [9.17, 15) is 24.4 Å². The Bertz CT molecular complexity index is 245. The molecule has 7 nitrogen and oxygen atoms in total. The van der Waals surface area contributed by atoms with Gasteiger partial charge in [-0.2, -0.15) is 0 Å². The van der Waals surface area contributed by atoms with Crippen molar-refractivity contribution in [3.63, 3.8) is 0 Å². The van der Waals surface area contributed by atoms with Crippen LogP contribution in [0.15, 0.2) is 0 Å². The van der Waals surface area contributed by atoms with E-state index in [0.717, 1.165) is 0 Å². The summed E-state index contributed by atoms with van der Waals surface area (Å²) in [6, 6.07) is 0. The van der Waals surface area contributed by atoms with Gasteiger partial charge in [-0.3, -0.25) is 4.57 Å². The van der Waals surface area contributed by atoms with Crippen molar-refractivity contribution in [3.8, 4) is 0 Å². The van der Waals surface area contributed by atoms with Gasteiger partial charge in [0, 0.05) is 12.4 Å². The molecule has 0 aromatic heterocycles. The number of aliphatic carboxylic acids is 2. The van der Waals surface area contributed by atoms with Crippen LogP contribution in [0.4, 0.5) is 0 Å². The summed E-state index contributed by atoms with van der Waals surface area (Å²) in [4.78, 5) is 36.4. The number of hydrogen-bond acceptors (Lipinski definition) is 5. The van der Waals surface area contributed by atoms with Crippen LogP contribution in [0.25, 0.3) is 0 Å². The van der Waals surface area contributed by atoms with E-state index in [1.54, 1.807) is 0 Å². The molecule has 0 bridgehead atoms. The van der Waals surface area contributed by atoms with Crippen molar-refractivity contribution < 1.29 is 53.6 Å². The maximum Gasteiger partial charge on any atom is 2.00 e. The Morgan fingerprint density at radius 2 is 1.69 bits per heavy atom. The summed E-state index contributed by atoms with van der Waals surface area (Å²) < 4.78 is 10.3. The Morgan fingerprint density at radius 1 is 1.31 bits per heavy atom. The van der Waals surface area contributed by atoms with Gasteiger partial charge in [-0.1, -0.05) is 0 Å². The summed E-state index contributed by atoms with van der Waals surface area (Å²) >= 11 is 0. The number of carbonyl (C=O) groups excluding carboxylic acids is 2. The predicted octanol–water partition coefficient (Wildman–Crippen LogP) is -3.58. The number of hydrogen-bond donors (Lipinski definition) is 2. The third-order valence-corrected chi connectivity index (χ3v) is 2.24. The molecule has 0 rings (SSSR count). The number of carboxylic acids is 2. The normalized spacial score (nSPS) is 12.8. The van der Waals surface area contributed by atoms with Crippen molar-refractivity contribution in [2.75, 3.05) is 0 Å². The van der Waals surface area contributed by atoms with E-state index in [1.807, 2.05) is 0 Å². The predicted molar refractivity (Wildman–Crippen MR) is 30.5 cm³/mol. The second-order valence-electron chi connectivity index (χ2n) is 2.00. The van der Waals surface area contributed by atoms with Gasteiger partial charge in [-0.15, -0.1) is 0 Å². The summed E-state index contributed by atoms with van der Waals surface area (Å²) in [7, 11) is -4.97. The molecule has 0 aliphatic carbocycles. The van der Waals surface area contributed by atoms with E-state index < -0.39 is 31.6 Å². The molecule has 2 N–H and O–H groups in total. The average Bonchev–Trinajstić information content (AvgIpc) is 1.79. The third kappa shape index (κ3) is 5.88. The van der Waals surface area contributed by atoms with E-state index in [0.29, 0.717) is 0 Å². The fourth-order valence-electron chi connectivity index (χ4n) is 0.497. The van der Waals surface area contributed by atoms with Gasteiger partial charge in [0.15, 0.2) is 0 Å². The molecule has 0 aliphatic rings. The molecule has 0 saturated carbocycles. The topological polar surface area (TPSA) is 138 Å². The Hall–Kier alpha value is -0.287. The molecule has 0 aromatic carbocycles. The first-order valence-electron chi connectivity index (χ1n) is 2.71. The molecule has 0 fully saturated rings. The molecule has 70 valence electrons. The van der Waals surface area contributed by atoms with Crippen LogP contribution in [0.3, 0.4) is 0 Å². The summed E-state index contributed by atoms with van der Waals surface area (Å²) in [5.74, 6) is -3.96. The van der Waals surface area contributed by atoms with Gasteiger partial charge in [-0.05, 0) is 0 Å². The van der Waals surface area contributed by atoms with Gasteiger partial charge in [-0.25, -0.2) is 0 Å². The third-order valence-electron chi connectivity index (χ3n) is 1.04. The zero-order valence-electron chi connectivity index (χ0n) is 6.37. The van der Waals surface area contributed by atoms with Crippen molar-refractivity contribution >= 4 is 19.5 Å². The van der Waals surface area contributed by atoms with E-state index in [4.69, 9.17) is 9.79 Å². The van der Waals surface area contributed by atoms with E-state index in [-0.39, 0.29) is 19.5 Å². The van der Waals surface area contributed by atoms with Crippen LogP contribution in [0, 0.1) is 0 Å². The Balaban J connectivity index is 0. The molecule has 13 heavy (non-hydrogen) atoms. The molecule has 1 unspecified atom stereocenters. The summed E-state index contributed by atoms with van der Waals surface area (Å²) in [5.41, 5.74) is -2.33. The first kappa shape index (κ1) is 15.2. The molecule has 1 atom stereocenters. The van der Waals surface area contributed by atoms with E-state index in [1.165, 1.54) is 0 Å². The Kier molecular flexibility index (Phi) is 6.37. The van der Waals surface area contributed by atoms with Gasteiger partial charge in [0.1, 0.15) is 5.66 Å². The van der Waals surface area contributed by atoms with Gasteiger partial charge in [0.2, 0.25) is 0 Å². The van der Waals surface area contributed by atoms with Crippen LogP contribution in [-0.2, 0) is 33.6 Å². The van der Waals surface area contributed by atoms with Gasteiger partial charge in [0.05, 0.1) is 5.97 Å². The first-order valence-corrected chi connectivity index (χ1v) is 4.39. The zero-order chi connectivity index (χ0) is 9.94. The quantitative estimate of drug-likeness (QED) is 0.394. The second-order valence-corrected chi connectivity index (χ2v) is 3.80. The molecule has 0 heterocycles. The van der Waals surface area contributed by atoms with Crippen molar-refractivity contribution in [3.05, 3.63) is 0 Å². The smallest absolute Gasteiger partial charge is 0.550 e. The first-order chi connectivity index (χ1) is 5.25. The number of carbonyl (C=O) groups is 2. The molecule has 0 aliphatic heterocycles. The second kappa shape index (κ2) is 5.44. The summed E-state index contributed by atoms with van der Waals surface area (Å²) in [6.07, 6.45) is -1.26. The standard InChI is InChI=1S/C4H7O7P.Zn/c5-3(6)1-2(4(7)8)12(9,10)11;/h2H,1H2,(H,5,6)(H,7,8)(H2,9,10,11);/q;+2/p-2. The van der Waals surface area contributed by atoms with Crippen LogP contribution >= 0.6 is 7.60 Å². The SMILES string of the molecule is O=C([O-])CC(C(=O)[O-])P(=O)(O)O.[Zn+2]. The maximum absolute atomic E-state index is 10.3. The van der Waals surface area contributed by atoms with Crippen LogP contribution in [0.5, 0.6) is 0 Å². The molecule has 0 radical (unpaired) electrons. The zero-order valence-corrected chi connectivity index (χ0v) is 10.2. The molecular formula is C4H5O7PZn. The molecule has 0 amide bonds. The number of carboxylic acid groups (broad SMARTS) is 2. The monoisotopic (exact) mass is 260 g/mol. The van der Waals surface area contributed by atoms with E-state index >= 15 is 0 Å². The van der Waals surface area contributed by atoms with Crippen molar-refractivity contribution in [1.29, 1.82) is 0 Å². The van der Waals surface area contributed by atoms with Crippen molar-refractivity contribution in [2.24, 2.45) is 0 Å². The average molecular weight is 261 g/mol. The minimum absolute atomic E-state index is 0. The van der Waals surface area contributed by atoms with Crippen LogP contribution in [-0.4, -0.2) is 27.4 Å². The van der Waals surface area contributed by atoms with Gasteiger partial charge < -0.3 is 29.6 Å². The molecule has 0 spiro atoms. The largest absolute Gasteiger partial charge is 2.00 e. The van der Waals surface area contributed by atoms with Crippen LogP contribution in [0.2, 0.25) is 0 Å². The summed E-state index contributed by atoms with van der Waals surface area (Å²) in [6.45, 7) is 0. The van der Waals surface area contributed by atoms with Gasteiger partial charge in [0.25, 0.3) is 0 Å². The maximum atomic E-state index is 10.3. The minimum atomic E-state index is -4.97. The van der Waals surface area contributed by atoms with E-state index in [2.05, 4.69) is 0 Å². The fraction of sp³-hybridized carbons (Fsp3) is 0.500. The molecular weight excluding hydrogens is 256 g/mol. The van der Waals surface area contributed by atoms with Gasteiger partial charge >= 0.3 is 27.1 Å². The molecule has 0 saturated heterocycles. The minimum Gasteiger partial charge on any atom is -0.550 e. The summed E-state index contributed by atoms with van der Waals surface area (Å²) in [5, 5.41) is 19.8. The number of rotatable bonds is 4. The Morgan fingerprint density at radius 3 is 1.77 bits per heavy atom. The molecule has 0 aromatic rings.